The van der Waals surface area contributed by atoms with Crippen molar-refractivity contribution >= 4 is 34.3 Å². The van der Waals surface area contributed by atoms with Crippen molar-refractivity contribution in [2.75, 3.05) is 11.0 Å². The number of hydrogen-bond donors (Lipinski definition) is 0. The van der Waals surface area contributed by atoms with Crippen molar-refractivity contribution in [2.45, 2.75) is 84.8 Å². The van der Waals surface area contributed by atoms with Crippen molar-refractivity contribution in [3.8, 4) is 0 Å². The molecule has 1 heterocycles. The second-order valence-electron chi connectivity index (χ2n) is 8.00. The highest BCUT2D eigenvalue weighted by atomic mass is 127. The Morgan fingerprint density at radius 3 is 2.67 bits per heavy atom. The molecule has 1 aliphatic heterocycles. The topological polar surface area (TPSA) is 52.6 Å². The van der Waals surface area contributed by atoms with Crippen molar-refractivity contribution in [1.82, 2.24) is 0 Å². The molecule has 0 aromatic carbocycles. The summed E-state index contributed by atoms with van der Waals surface area (Å²) >= 11 is 2.33. The van der Waals surface area contributed by atoms with Gasteiger partial charge in [0.15, 0.2) is 0 Å². The van der Waals surface area contributed by atoms with Crippen molar-refractivity contribution in [3.05, 3.63) is 23.3 Å². The Balaban J connectivity index is 2.68. The summed E-state index contributed by atoms with van der Waals surface area (Å²) in [5.74, 6) is 0.0602. The molecule has 0 aromatic heterocycles. The molecule has 1 rings (SSSR count). The summed E-state index contributed by atoms with van der Waals surface area (Å²) in [6.45, 7) is 10.1. The van der Waals surface area contributed by atoms with E-state index in [1.54, 1.807) is 0 Å². The van der Waals surface area contributed by atoms with Crippen LogP contribution in [0.4, 0.5) is 0 Å². The summed E-state index contributed by atoms with van der Waals surface area (Å²) in [5, 5.41) is 0. The highest BCUT2D eigenvalue weighted by Gasteiger charge is 2.39. The van der Waals surface area contributed by atoms with Gasteiger partial charge in [0.2, 0.25) is 0 Å². The highest BCUT2D eigenvalue weighted by Crippen LogP contribution is 2.34. The average Bonchev–Trinajstić information content (AvgIpc) is 2.73. The van der Waals surface area contributed by atoms with Crippen LogP contribution in [0.25, 0.3) is 0 Å². The molecule has 1 fully saturated rings. The summed E-state index contributed by atoms with van der Waals surface area (Å²) in [6.07, 6.45) is 8.63. The maximum Gasteiger partial charge on any atom is 0.303 e. The molecule has 1 aliphatic rings. The van der Waals surface area contributed by atoms with E-state index < -0.39 is 5.60 Å². The summed E-state index contributed by atoms with van der Waals surface area (Å²) in [5.41, 5.74) is 1.94. The maximum atomic E-state index is 12.2. The first kappa shape index (κ1) is 24.3. The zero-order valence-electron chi connectivity index (χ0n) is 17.5. The van der Waals surface area contributed by atoms with E-state index in [-0.39, 0.29) is 23.8 Å². The van der Waals surface area contributed by atoms with Crippen molar-refractivity contribution in [3.63, 3.8) is 0 Å². The predicted molar refractivity (Wildman–Crippen MR) is 118 cm³/mol. The van der Waals surface area contributed by atoms with Crippen LogP contribution in [-0.4, -0.2) is 34.5 Å². The molecular weight excluding hydrogens is 455 g/mol. The number of esters is 1. The van der Waals surface area contributed by atoms with Gasteiger partial charge in [-0.1, -0.05) is 47.2 Å². The first-order valence-electron chi connectivity index (χ1n) is 9.89. The molecule has 0 N–H and O–H groups in total. The van der Waals surface area contributed by atoms with Crippen molar-refractivity contribution < 1.29 is 19.1 Å². The molecule has 27 heavy (non-hydrogen) atoms. The van der Waals surface area contributed by atoms with Crippen LogP contribution in [0.15, 0.2) is 23.3 Å². The van der Waals surface area contributed by atoms with Crippen LogP contribution in [0.3, 0.4) is 0 Å². The smallest absolute Gasteiger partial charge is 0.303 e. The lowest BCUT2D eigenvalue weighted by Gasteiger charge is -2.35. The Morgan fingerprint density at radius 2 is 2.07 bits per heavy atom. The zero-order chi connectivity index (χ0) is 20.4. The Hall–Kier alpha value is -0.690. The van der Waals surface area contributed by atoms with E-state index in [1.165, 1.54) is 18.1 Å². The van der Waals surface area contributed by atoms with Crippen LogP contribution in [0.2, 0.25) is 0 Å². The van der Waals surface area contributed by atoms with E-state index in [0.29, 0.717) is 13.0 Å². The Kier molecular flexibility index (Phi) is 10.8. The van der Waals surface area contributed by atoms with Gasteiger partial charge >= 0.3 is 5.97 Å². The lowest BCUT2D eigenvalue weighted by Crippen LogP contribution is -2.43. The van der Waals surface area contributed by atoms with Crippen LogP contribution in [0.5, 0.6) is 0 Å². The summed E-state index contributed by atoms with van der Waals surface area (Å²) in [6, 6.07) is 0. The first-order valence-corrected chi connectivity index (χ1v) is 11.4. The fourth-order valence-corrected chi connectivity index (χ4v) is 3.98. The van der Waals surface area contributed by atoms with Crippen LogP contribution in [-0.2, 0) is 19.1 Å². The van der Waals surface area contributed by atoms with Gasteiger partial charge in [-0.05, 0) is 58.4 Å². The summed E-state index contributed by atoms with van der Waals surface area (Å²) < 4.78 is 12.8. The molecule has 5 heteroatoms. The first-order chi connectivity index (χ1) is 12.7. The summed E-state index contributed by atoms with van der Waals surface area (Å²) in [7, 11) is 0. The molecule has 1 unspecified atom stereocenters. The second-order valence-corrected chi connectivity index (χ2v) is 8.88. The number of halogens is 1. The van der Waals surface area contributed by atoms with E-state index in [1.807, 2.05) is 33.8 Å². The van der Waals surface area contributed by atoms with E-state index in [4.69, 9.17) is 9.47 Å². The fourth-order valence-electron chi connectivity index (χ4n) is 3.36. The van der Waals surface area contributed by atoms with Gasteiger partial charge in [-0.2, -0.15) is 0 Å². The molecule has 0 aliphatic carbocycles. The van der Waals surface area contributed by atoms with Crippen LogP contribution >= 0.6 is 22.6 Å². The van der Waals surface area contributed by atoms with Gasteiger partial charge in [0.25, 0.3) is 0 Å². The molecule has 0 radical (unpaired) electrons. The number of alkyl halides is 1. The lowest BCUT2D eigenvalue weighted by atomic mass is 9.87. The quantitative estimate of drug-likeness (QED) is 0.183. The molecular formula is C22H35IO4. The molecule has 0 aromatic rings. The third-order valence-electron chi connectivity index (χ3n) is 5.24. The second kappa shape index (κ2) is 12.0. The van der Waals surface area contributed by atoms with Crippen LogP contribution < -0.4 is 0 Å². The van der Waals surface area contributed by atoms with Gasteiger partial charge in [-0.3, -0.25) is 9.59 Å². The maximum absolute atomic E-state index is 12.2. The van der Waals surface area contributed by atoms with E-state index in [2.05, 4.69) is 28.7 Å². The largest absolute Gasteiger partial charge is 0.459 e. The molecule has 1 saturated heterocycles. The van der Waals surface area contributed by atoms with Crippen LogP contribution in [0.1, 0.15) is 73.1 Å². The predicted octanol–water partition coefficient (Wildman–Crippen LogP) is 5.58. The molecule has 0 saturated carbocycles. The monoisotopic (exact) mass is 490 g/mol. The number of rotatable bonds is 9. The number of ether oxygens (including phenoxy) is 2. The standard InChI is InChI=1S/C22H35IO4/c1-16(2)8-10-20(25)17(3)7-6-13-22(5)21(27-18(4)24)11-9-19(12-14-23)15-26-22/h8,12,17,21H,6-7,9-11,13-15H2,1-5H3/b19-12+/t17?,21-,22+/m1/s1. The molecule has 0 amide bonds. The van der Waals surface area contributed by atoms with Gasteiger partial charge in [0, 0.05) is 23.7 Å². The zero-order valence-corrected chi connectivity index (χ0v) is 19.6. The lowest BCUT2D eigenvalue weighted by molar-refractivity contribution is -0.167. The number of carbonyl (C=O) groups excluding carboxylic acids is 2. The number of carbonyl (C=O) groups is 2. The molecule has 3 atom stereocenters. The van der Waals surface area contributed by atoms with E-state index in [9.17, 15) is 9.59 Å². The SMILES string of the molecule is CC(=O)O[C@@H]1CC/C(=C\CI)CO[C@@]1(C)CCCC(C)C(=O)CC=C(C)C. The Morgan fingerprint density at radius 1 is 1.37 bits per heavy atom. The normalized spacial score (nSPS) is 25.6. The average molecular weight is 490 g/mol. The molecule has 0 bridgehead atoms. The number of allylic oxidation sites excluding steroid dienone is 3. The highest BCUT2D eigenvalue weighted by molar-refractivity contribution is 14.1. The third kappa shape index (κ3) is 8.90. The van der Waals surface area contributed by atoms with Crippen molar-refractivity contribution in [2.24, 2.45) is 5.92 Å². The minimum absolute atomic E-state index is 0.0385. The minimum Gasteiger partial charge on any atom is -0.459 e. The van der Waals surface area contributed by atoms with Gasteiger partial charge in [-0.15, -0.1) is 0 Å². The number of Topliss-reactive ketones (excluding diaryl/α,β-unsaturated/α-hetero) is 1. The summed E-state index contributed by atoms with van der Waals surface area (Å²) in [4.78, 5) is 23.8. The van der Waals surface area contributed by atoms with Crippen LogP contribution in [0, 0.1) is 5.92 Å². The molecule has 4 nitrogen and oxygen atoms in total. The van der Waals surface area contributed by atoms with Gasteiger partial charge < -0.3 is 9.47 Å². The minimum atomic E-state index is -0.505. The number of hydrogen-bond acceptors (Lipinski definition) is 4. The third-order valence-corrected chi connectivity index (χ3v) is 5.68. The fraction of sp³-hybridized carbons (Fsp3) is 0.727. The van der Waals surface area contributed by atoms with Gasteiger partial charge in [0.1, 0.15) is 17.5 Å². The Labute approximate surface area is 178 Å². The Bertz CT molecular complexity index is 563. The van der Waals surface area contributed by atoms with E-state index >= 15 is 0 Å². The molecule has 154 valence electrons. The van der Waals surface area contributed by atoms with E-state index in [0.717, 1.165) is 36.5 Å². The van der Waals surface area contributed by atoms with Crippen molar-refractivity contribution in [1.29, 1.82) is 0 Å². The molecule has 0 spiro atoms. The van der Waals surface area contributed by atoms with Gasteiger partial charge in [-0.25, -0.2) is 0 Å². The number of ketones is 1. The van der Waals surface area contributed by atoms with Gasteiger partial charge in [0.05, 0.1) is 6.61 Å².